The Morgan fingerprint density at radius 1 is 1.17 bits per heavy atom. The summed E-state index contributed by atoms with van der Waals surface area (Å²) in [7, 11) is 0. The summed E-state index contributed by atoms with van der Waals surface area (Å²) in [6.45, 7) is 5.25. The lowest BCUT2D eigenvalue weighted by Crippen LogP contribution is -2.48. The predicted octanol–water partition coefficient (Wildman–Crippen LogP) is 2.43. The van der Waals surface area contributed by atoms with Gasteiger partial charge in [0.15, 0.2) is 0 Å². The van der Waals surface area contributed by atoms with Crippen LogP contribution in [0.2, 0.25) is 0 Å². The van der Waals surface area contributed by atoms with Gasteiger partial charge in [-0.25, -0.2) is 4.79 Å². The molecule has 1 aliphatic rings. The maximum absolute atomic E-state index is 12.7. The maximum Gasteiger partial charge on any atom is 0.314 e. The average molecular weight is 346 g/mol. The highest BCUT2D eigenvalue weighted by Crippen LogP contribution is 2.26. The SMILES string of the molecule is Cc1ccc(C)n1-c1sccc1C(=O)NC1CCN(C(N)=O)CC1. The molecular weight excluding hydrogens is 324 g/mol. The van der Waals surface area contributed by atoms with Crippen molar-refractivity contribution in [2.24, 2.45) is 5.73 Å². The van der Waals surface area contributed by atoms with Crippen LogP contribution >= 0.6 is 11.3 Å². The first-order valence-corrected chi connectivity index (χ1v) is 8.93. The summed E-state index contributed by atoms with van der Waals surface area (Å²) in [5, 5.41) is 5.99. The lowest BCUT2D eigenvalue weighted by atomic mass is 10.0. The van der Waals surface area contributed by atoms with E-state index in [1.54, 1.807) is 16.2 Å². The molecule has 128 valence electrons. The van der Waals surface area contributed by atoms with Gasteiger partial charge in [0.2, 0.25) is 0 Å². The first-order chi connectivity index (χ1) is 11.5. The molecule has 24 heavy (non-hydrogen) atoms. The molecule has 1 saturated heterocycles. The molecule has 0 radical (unpaired) electrons. The third-order valence-corrected chi connectivity index (χ3v) is 5.40. The number of likely N-dealkylation sites (tertiary alicyclic amines) is 1. The summed E-state index contributed by atoms with van der Waals surface area (Å²) in [6.07, 6.45) is 1.46. The summed E-state index contributed by atoms with van der Waals surface area (Å²) in [4.78, 5) is 25.5. The van der Waals surface area contributed by atoms with Crippen molar-refractivity contribution in [1.82, 2.24) is 14.8 Å². The van der Waals surface area contributed by atoms with Crippen molar-refractivity contribution in [3.8, 4) is 5.00 Å². The highest BCUT2D eigenvalue weighted by atomic mass is 32.1. The molecule has 0 unspecified atom stereocenters. The van der Waals surface area contributed by atoms with Crippen LogP contribution in [-0.4, -0.2) is 40.5 Å². The van der Waals surface area contributed by atoms with Gasteiger partial charge in [-0.05, 0) is 50.3 Å². The third-order valence-electron chi connectivity index (χ3n) is 4.51. The van der Waals surface area contributed by atoms with Gasteiger partial charge < -0.3 is 20.5 Å². The molecule has 0 bridgehead atoms. The van der Waals surface area contributed by atoms with Crippen molar-refractivity contribution in [3.63, 3.8) is 0 Å². The number of nitrogens with zero attached hydrogens (tertiary/aromatic N) is 2. The summed E-state index contributed by atoms with van der Waals surface area (Å²) in [5.41, 5.74) is 8.21. The number of hydrogen-bond donors (Lipinski definition) is 2. The van der Waals surface area contributed by atoms with Crippen molar-refractivity contribution in [2.75, 3.05) is 13.1 Å². The normalized spacial score (nSPS) is 15.5. The molecule has 2 aromatic rings. The molecular formula is C17H22N4O2S. The Kier molecular flexibility index (Phi) is 4.62. The highest BCUT2D eigenvalue weighted by molar-refractivity contribution is 7.13. The van der Waals surface area contributed by atoms with E-state index < -0.39 is 6.03 Å². The number of aromatic nitrogens is 1. The van der Waals surface area contributed by atoms with Crippen molar-refractivity contribution < 1.29 is 9.59 Å². The Hall–Kier alpha value is -2.28. The fraction of sp³-hybridized carbons (Fsp3) is 0.412. The summed E-state index contributed by atoms with van der Waals surface area (Å²) in [6, 6.07) is 5.66. The Morgan fingerprint density at radius 2 is 1.79 bits per heavy atom. The minimum atomic E-state index is -0.390. The van der Waals surface area contributed by atoms with Crippen molar-refractivity contribution in [1.29, 1.82) is 0 Å². The van der Waals surface area contributed by atoms with Crippen LogP contribution in [0.15, 0.2) is 23.6 Å². The fourth-order valence-corrected chi connectivity index (χ4v) is 4.16. The molecule has 3 heterocycles. The molecule has 0 spiro atoms. The van der Waals surface area contributed by atoms with Crippen molar-refractivity contribution in [3.05, 3.63) is 40.5 Å². The molecule has 0 aliphatic carbocycles. The smallest absolute Gasteiger partial charge is 0.314 e. The number of nitrogens with two attached hydrogens (primary N) is 1. The number of thiophene rings is 1. The molecule has 0 atom stereocenters. The number of urea groups is 1. The summed E-state index contributed by atoms with van der Waals surface area (Å²) < 4.78 is 2.11. The zero-order valence-corrected chi connectivity index (χ0v) is 14.7. The van der Waals surface area contributed by atoms with Gasteiger partial charge in [0, 0.05) is 30.5 Å². The lowest BCUT2D eigenvalue weighted by Gasteiger charge is -2.31. The largest absolute Gasteiger partial charge is 0.351 e. The molecule has 0 saturated carbocycles. The van der Waals surface area contributed by atoms with Crippen LogP contribution in [0.3, 0.4) is 0 Å². The van der Waals surface area contributed by atoms with E-state index in [1.165, 1.54) is 0 Å². The molecule has 1 aliphatic heterocycles. The van der Waals surface area contributed by atoms with E-state index in [9.17, 15) is 9.59 Å². The number of piperidine rings is 1. The second-order valence-corrected chi connectivity index (χ2v) is 7.06. The van der Waals surface area contributed by atoms with Gasteiger partial charge in [-0.2, -0.15) is 0 Å². The molecule has 0 aromatic carbocycles. The first kappa shape index (κ1) is 16.6. The number of amides is 3. The average Bonchev–Trinajstić information content (AvgIpc) is 3.14. The highest BCUT2D eigenvalue weighted by Gasteiger charge is 2.24. The molecule has 3 N–H and O–H groups in total. The fourth-order valence-electron chi connectivity index (χ4n) is 3.14. The van der Waals surface area contributed by atoms with Gasteiger partial charge in [-0.15, -0.1) is 11.3 Å². The molecule has 2 aromatic heterocycles. The van der Waals surface area contributed by atoms with E-state index in [0.29, 0.717) is 18.7 Å². The number of carbonyl (C=O) groups excluding carboxylic acids is 2. The van der Waals surface area contributed by atoms with Crippen LogP contribution in [0.25, 0.3) is 5.00 Å². The number of hydrogen-bond acceptors (Lipinski definition) is 3. The molecule has 7 heteroatoms. The van der Waals surface area contributed by atoms with Crippen molar-refractivity contribution in [2.45, 2.75) is 32.7 Å². The standard InChI is InChI=1S/C17H22N4O2S/c1-11-3-4-12(2)21(11)16-14(7-10-24-16)15(22)19-13-5-8-20(9-6-13)17(18)23/h3-4,7,10,13H,5-6,8-9H2,1-2H3,(H2,18,23)(H,19,22). The van der Waals surface area contributed by atoms with E-state index in [0.717, 1.165) is 29.2 Å². The van der Waals surface area contributed by atoms with Gasteiger partial charge in [0.25, 0.3) is 5.91 Å². The zero-order chi connectivity index (χ0) is 17.3. The molecule has 3 rings (SSSR count). The Balaban J connectivity index is 1.71. The number of nitrogens with one attached hydrogen (secondary N) is 1. The monoisotopic (exact) mass is 346 g/mol. The molecule has 1 fully saturated rings. The molecule has 3 amide bonds. The Bertz CT molecular complexity index is 737. The maximum atomic E-state index is 12.7. The van der Waals surface area contributed by atoms with Gasteiger partial charge in [0.1, 0.15) is 5.00 Å². The van der Waals surface area contributed by atoms with Crippen molar-refractivity contribution >= 4 is 23.3 Å². The summed E-state index contributed by atoms with van der Waals surface area (Å²) >= 11 is 1.56. The van der Waals surface area contributed by atoms with Gasteiger partial charge in [0.05, 0.1) is 5.56 Å². The number of aryl methyl sites for hydroxylation is 2. The quantitative estimate of drug-likeness (QED) is 0.895. The predicted molar refractivity (Wildman–Crippen MR) is 94.8 cm³/mol. The van der Waals surface area contributed by atoms with E-state index >= 15 is 0 Å². The number of primary amides is 1. The van der Waals surface area contributed by atoms with Gasteiger partial charge in [-0.1, -0.05) is 0 Å². The third kappa shape index (κ3) is 3.17. The second kappa shape index (κ2) is 6.68. The van der Waals surface area contributed by atoms with Crippen LogP contribution in [-0.2, 0) is 0 Å². The first-order valence-electron chi connectivity index (χ1n) is 8.05. The van der Waals surface area contributed by atoms with Gasteiger partial charge in [-0.3, -0.25) is 4.79 Å². The minimum absolute atomic E-state index is 0.0590. The molecule has 6 nitrogen and oxygen atoms in total. The van der Waals surface area contributed by atoms with Crippen LogP contribution in [0.1, 0.15) is 34.6 Å². The Morgan fingerprint density at radius 3 is 2.38 bits per heavy atom. The minimum Gasteiger partial charge on any atom is -0.351 e. The lowest BCUT2D eigenvalue weighted by molar-refractivity contribution is 0.0919. The van der Waals surface area contributed by atoms with Crippen LogP contribution in [0.4, 0.5) is 4.79 Å². The summed E-state index contributed by atoms with van der Waals surface area (Å²) in [5.74, 6) is -0.0590. The van der Waals surface area contributed by atoms with E-state index in [2.05, 4.69) is 22.0 Å². The van der Waals surface area contributed by atoms with Crippen LogP contribution < -0.4 is 11.1 Å². The number of carbonyl (C=O) groups is 2. The van der Waals surface area contributed by atoms with Crippen LogP contribution in [0, 0.1) is 13.8 Å². The topological polar surface area (TPSA) is 80.4 Å². The van der Waals surface area contributed by atoms with E-state index in [4.69, 9.17) is 5.73 Å². The Labute approximate surface area is 145 Å². The second-order valence-electron chi connectivity index (χ2n) is 6.16. The van der Waals surface area contributed by atoms with Gasteiger partial charge >= 0.3 is 6.03 Å². The van der Waals surface area contributed by atoms with E-state index in [-0.39, 0.29) is 11.9 Å². The van der Waals surface area contributed by atoms with Crippen LogP contribution in [0.5, 0.6) is 0 Å². The van der Waals surface area contributed by atoms with E-state index in [1.807, 2.05) is 25.3 Å². The zero-order valence-electron chi connectivity index (χ0n) is 13.9. The number of rotatable bonds is 3.